The minimum atomic E-state index is -0.390. The molecular weight excluding hydrogens is 312 g/mol. The summed E-state index contributed by atoms with van der Waals surface area (Å²) in [7, 11) is 0. The molecule has 0 radical (unpaired) electrons. The molecule has 2 rings (SSSR count). The Morgan fingerprint density at radius 1 is 1.30 bits per heavy atom. The van der Waals surface area contributed by atoms with Crippen LogP contribution in [0.5, 0.6) is 5.75 Å². The average molecular weight is 331 g/mol. The highest BCUT2D eigenvalue weighted by molar-refractivity contribution is 6.32. The molecule has 0 saturated heterocycles. The van der Waals surface area contributed by atoms with Crippen LogP contribution >= 0.6 is 11.6 Å². The van der Waals surface area contributed by atoms with Crippen LogP contribution in [0, 0.1) is 18.3 Å². The summed E-state index contributed by atoms with van der Waals surface area (Å²) in [5.41, 5.74) is 1.69. The van der Waals surface area contributed by atoms with Gasteiger partial charge in [-0.2, -0.15) is 5.26 Å². The molecule has 0 aliphatic heterocycles. The number of halogens is 1. The van der Waals surface area contributed by atoms with Crippen molar-refractivity contribution in [2.24, 2.45) is 0 Å². The van der Waals surface area contributed by atoms with Gasteiger partial charge in [0, 0.05) is 11.3 Å². The van der Waals surface area contributed by atoms with Gasteiger partial charge in [0.25, 0.3) is 5.56 Å². The Hall–Kier alpha value is -2.25. The molecule has 0 unspecified atom stereocenters. The number of aromatic nitrogens is 1. The highest BCUT2D eigenvalue weighted by atomic mass is 35.5. The van der Waals surface area contributed by atoms with Crippen LogP contribution in [0.2, 0.25) is 5.02 Å². The highest BCUT2D eigenvalue weighted by Crippen LogP contribution is 2.31. The number of pyridine rings is 1. The van der Waals surface area contributed by atoms with Crippen molar-refractivity contribution in [1.82, 2.24) is 4.98 Å². The Labute approximate surface area is 140 Å². The van der Waals surface area contributed by atoms with Gasteiger partial charge in [0.1, 0.15) is 17.4 Å². The lowest BCUT2D eigenvalue weighted by atomic mass is 10.0. The van der Waals surface area contributed by atoms with Gasteiger partial charge in [-0.05, 0) is 37.1 Å². The third-order valence-corrected chi connectivity index (χ3v) is 3.82. The van der Waals surface area contributed by atoms with Gasteiger partial charge < -0.3 is 9.72 Å². The second-order valence-electron chi connectivity index (χ2n) is 5.38. The number of hydrogen-bond acceptors (Lipinski definition) is 3. The predicted octanol–water partition coefficient (Wildman–Crippen LogP) is 4.44. The number of unbranched alkanes of at least 4 members (excludes halogenated alkanes) is 2. The number of H-pyrrole nitrogens is 1. The van der Waals surface area contributed by atoms with Gasteiger partial charge in [-0.25, -0.2) is 0 Å². The van der Waals surface area contributed by atoms with Crippen LogP contribution in [0.3, 0.4) is 0 Å². The molecule has 5 heteroatoms. The first-order valence-electron chi connectivity index (χ1n) is 7.63. The second kappa shape index (κ2) is 7.85. The molecule has 0 spiro atoms. The SMILES string of the molecule is CCCCCOc1ccc(-c2cc(C)[nH]c(=O)c2C#N)cc1Cl. The monoisotopic (exact) mass is 330 g/mol. The largest absolute Gasteiger partial charge is 0.492 e. The minimum Gasteiger partial charge on any atom is -0.492 e. The Bertz CT molecular complexity index is 791. The van der Waals surface area contributed by atoms with Gasteiger partial charge in [0.2, 0.25) is 0 Å². The van der Waals surface area contributed by atoms with Gasteiger partial charge in [-0.15, -0.1) is 0 Å². The fraction of sp³-hybridized carbons (Fsp3) is 0.333. The number of aromatic amines is 1. The van der Waals surface area contributed by atoms with Crippen LogP contribution in [0.1, 0.15) is 37.4 Å². The molecule has 0 atom stereocenters. The number of hydrogen-bond donors (Lipinski definition) is 1. The molecule has 1 heterocycles. The highest BCUT2D eigenvalue weighted by Gasteiger charge is 2.12. The van der Waals surface area contributed by atoms with E-state index in [0.29, 0.717) is 28.6 Å². The quantitative estimate of drug-likeness (QED) is 0.796. The molecule has 4 nitrogen and oxygen atoms in total. The maximum absolute atomic E-state index is 11.9. The van der Waals surface area contributed by atoms with E-state index in [1.54, 1.807) is 25.1 Å². The van der Waals surface area contributed by atoms with Crippen molar-refractivity contribution in [3.8, 4) is 22.9 Å². The number of ether oxygens (including phenoxy) is 1. The first kappa shape index (κ1) is 17.1. The van der Waals surface area contributed by atoms with Gasteiger partial charge in [-0.3, -0.25) is 4.79 Å². The molecule has 0 aliphatic rings. The third kappa shape index (κ3) is 4.14. The van der Waals surface area contributed by atoms with E-state index in [0.717, 1.165) is 24.8 Å². The summed E-state index contributed by atoms with van der Waals surface area (Å²) in [6, 6.07) is 9.05. The summed E-state index contributed by atoms with van der Waals surface area (Å²) in [6.45, 7) is 4.54. The second-order valence-corrected chi connectivity index (χ2v) is 5.79. The fourth-order valence-corrected chi connectivity index (χ4v) is 2.58. The molecule has 1 aromatic carbocycles. The third-order valence-electron chi connectivity index (χ3n) is 3.53. The fourth-order valence-electron chi connectivity index (χ4n) is 2.35. The normalized spacial score (nSPS) is 10.3. The molecule has 0 amide bonds. The summed E-state index contributed by atoms with van der Waals surface area (Å²) in [5.74, 6) is 0.617. The van der Waals surface area contributed by atoms with Crippen molar-refractivity contribution in [1.29, 1.82) is 5.26 Å². The number of benzene rings is 1. The first-order chi connectivity index (χ1) is 11.1. The van der Waals surface area contributed by atoms with E-state index in [-0.39, 0.29) is 5.56 Å². The number of aryl methyl sites for hydroxylation is 1. The zero-order chi connectivity index (χ0) is 16.8. The van der Waals surface area contributed by atoms with Crippen molar-refractivity contribution in [3.05, 3.63) is 50.9 Å². The Balaban J connectivity index is 2.31. The summed E-state index contributed by atoms with van der Waals surface area (Å²) in [5, 5.41) is 9.69. The molecule has 0 saturated carbocycles. The van der Waals surface area contributed by atoms with Gasteiger partial charge in [0.05, 0.1) is 11.6 Å². The van der Waals surface area contributed by atoms with E-state index >= 15 is 0 Å². The standard InChI is InChI=1S/C18H19ClN2O2/c1-3-4-5-8-23-17-7-6-13(10-16(17)19)14-9-12(2)21-18(22)15(14)11-20/h6-7,9-10H,3-5,8H2,1-2H3,(H,21,22). The van der Waals surface area contributed by atoms with Gasteiger partial charge in [0.15, 0.2) is 0 Å². The van der Waals surface area contributed by atoms with Gasteiger partial charge in [-0.1, -0.05) is 37.4 Å². The zero-order valence-corrected chi connectivity index (χ0v) is 14.0. The zero-order valence-electron chi connectivity index (χ0n) is 13.3. The summed E-state index contributed by atoms with van der Waals surface area (Å²) < 4.78 is 5.67. The molecule has 0 aliphatic carbocycles. The van der Waals surface area contributed by atoms with Crippen molar-refractivity contribution < 1.29 is 4.74 Å². The van der Waals surface area contributed by atoms with Crippen LogP contribution in [-0.4, -0.2) is 11.6 Å². The number of nitrogens with one attached hydrogen (secondary N) is 1. The van der Waals surface area contributed by atoms with E-state index in [1.165, 1.54) is 0 Å². The van der Waals surface area contributed by atoms with Crippen molar-refractivity contribution in [2.45, 2.75) is 33.1 Å². The smallest absolute Gasteiger partial charge is 0.266 e. The lowest BCUT2D eigenvalue weighted by Gasteiger charge is -2.10. The minimum absolute atomic E-state index is 0.0864. The summed E-state index contributed by atoms with van der Waals surface area (Å²) in [4.78, 5) is 14.5. The molecule has 120 valence electrons. The van der Waals surface area contributed by atoms with E-state index in [9.17, 15) is 10.1 Å². The van der Waals surface area contributed by atoms with Gasteiger partial charge >= 0.3 is 0 Å². The van der Waals surface area contributed by atoms with E-state index in [4.69, 9.17) is 16.3 Å². The molecule has 1 N–H and O–H groups in total. The molecule has 1 aromatic heterocycles. The molecule has 2 aromatic rings. The van der Waals surface area contributed by atoms with Crippen LogP contribution in [0.4, 0.5) is 0 Å². The first-order valence-corrected chi connectivity index (χ1v) is 8.01. The van der Waals surface area contributed by atoms with Crippen LogP contribution < -0.4 is 10.3 Å². The molecule has 0 bridgehead atoms. The summed E-state index contributed by atoms with van der Waals surface area (Å²) in [6.07, 6.45) is 3.24. The van der Waals surface area contributed by atoms with Crippen LogP contribution in [-0.2, 0) is 0 Å². The summed E-state index contributed by atoms with van der Waals surface area (Å²) >= 11 is 6.27. The molecular formula is C18H19ClN2O2. The number of nitriles is 1. The number of nitrogens with zero attached hydrogens (tertiary/aromatic N) is 1. The van der Waals surface area contributed by atoms with Crippen molar-refractivity contribution in [2.75, 3.05) is 6.61 Å². The van der Waals surface area contributed by atoms with Crippen LogP contribution in [0.15, 0.2) is 29.1 Å². The van der Waals surface area contributed by atoms with Crippen molar-refractivity contribution in [3.63, 3.8) is 0 Å². The predicted molar refractivity (Wildman–Crippen MR) is 92.0 cm³/mol. The Morgan fingerprint density at radius 3 is 2.74 bits per heavy atom. The molecule has 23 heavy (non-hydrogen) atoms. The van der Waals surface area contributed by atoms with Crippen molar-refractivity contribution >= 4 is 11.6 Å². The number of rotatable bonds is 6. The maximum atomic E-state index is 11.9. The maximum Gasteiger partial charge on any atom is 0.266 e. The Morgan fingerprint density at radius 2 is 2.09 bits per heavy atom. The lowest BCUT2D eigenvalue weighted by molar-refractivity contribution is 0.306. The lowest BCUT2D eigenvalue weighted by Crippen LogP contribution is -2.12. The topological polar surface area (TPSA) is 65.9 Å². The molecule has 0 fully saturated rings. The van der Waals surface area contributed by atoms with E-state index in [2.05, 4.69) is 11.9 Å². The van der Waals surface area contributed by atoms with Crippen LogP contribution in [0.25, 0.3) is 11.1 Å². The average Bonchev–Trinajstić information content (AvgIpc) is 2.52. The van der Waals surface area contributed by atoms with E-state index in [1.807, 2.05) is 12.1 Å². The van der Waals surface area contributed by atoms with E-state index < -0.39 is 5.56 Å². The Kier molecular flexibility index (Phi) is 5.84.